The van der Waals surface area contributed by atoms with Gasteiger partial charge in [0.25, 0.3) is 0 Å². The number of anilines is 1. The van der Waals surface area contributed by atoms with Gasteiger partial charge in [-0.2, -0.15) is 0 Å². The number of sulfonamides is 1. The summed E-state index contributed by atoms with van der Waals surface area (Å²) < 4.78 is 22.3. The minimum atomic E-state index is -3.67. The number of benzene rings is 2. The van der Waals surface area contributed by atoms with Gasteiger partial charge in [-0.15, -0.1) is 0 Å². The quantitative estimate of drug-likeness (QED) is 0.734. The standard InChI is InChI=1S/C14H14ClN3O2S2/c15-11-2-1-3-12(8-11)18-14(21)17-9-10-4-6-13(7-5-10)22(16,19)20/h1-8H,9H2,(H2,16,19,20)(H2,17,18,21). The zero-order chi connectivity index (χ0) is 16.2. The molecule has 0 saturated carbocycles. The minimum absolute atomic E-state index is 0.0795. The number of primary sulfonamides is 1. The second kappa shape index (κ2) is 7.06. The third-order valence-electron chi connectivity index (χ3n) is 2.79. The fourth-order valence-corrected chi connectivity index (χ4v) is 2.62. The number of hydrogen-bond donors (Lipinski definition) is 3. The zero-order valence-corrected chi connectivity index (χ0v) is 13.8. The molecule has 0 aromatic heterocycles. The number of thiocarbonyl (C=S) groups is 1. The molecule has 2 aromatic carbocycles. The molecular formula is C14H14ClN3O2S2. The molecule has 0 aliphatic heterocycles. The summed E-state index contributed by atoms with van der Waals surface area (Å²) in [6.45, 7) is 0.456. The molecule has 0 heterocycles. The van der Waals surface area contributed by atoms with Crippen LogP contribution in [0.2, 0.25) is 5.02 Å². The summed E-state index contributed by atoms with van der Waals surface area (Å²) in [7, 11) is -3.67. The highest BCUT2D eigenvalue weighted by Gasteiger charge is 2.06. The predicted octanol–water partition coefficient (Wildman–Crippen LogP) is 2.47. The lowest BCUT2D eigenvalue weighted by Gasteiger charge is -2.11. The highest BCUT2D eigenvalue weighted by molar-refractivity contribution is 7.89. The molecule has 22 heavy (non-hydrogen) atoms. The molecule has 2 aromatic rings. The second-order valence-electron chi connectivity index (χ2n) is 4.51. The maximum Gasteiger partial charge on any atom is 0.238 e. The van der Waals surface area contributed by atoms with Gasteiger partial charge in [0.15, 0.2) is 5.11 Å². The molecule has 0 radical (unpaired) electrons. The van der Waals surface area contributed by atoms with E-state index in [1.165, 1.54) is 12.1 Å². The smallest absolute Gasteiger partial charge is 0.238 e. The molecule has 0 saturated heterocycles. The van der Waals surface area contributed by atoms with E-state index in [1.807, 2.05) is 12.1 Å². The number of halogens is 1. The summed E-state index contributed by atoms with van der Waals surface area (Å²) >= 11 is 11.1. The van der Waals surface area contributed by atoms with Gasteiger partial charge in [0.2, 0.25) is 10.0 Å². The Hall–Kier alpha value is -1.67. The van der Waals surface area contributed by atoms with E-state index in [-0.39, 0.29) is 4.90 Å². The van der Waals surface area contributed by atoms with Gasteiger partial charge in [0, 0.05) is 17.3 Å². The van der Waals surface area contributed by atoms with E-state index in [1.54, 1.807) is 24.3 Å². The van der Waals surface area contributed by atoms with Crippen LogP contribution >= 0.6 is 23.8 Å². The zero-order valence-electron chi connectivity index (χ0n) is 11.4. The normalized spacial score (nSPS) is 11.0. The van der Waals surface area contributed by atoms with Crippen LogP contribution in [0.25, 0.3) is 0 Å². The van der Waals surface area contributed by atoms with Gasteiger partial charge in [-0.05, 0) is 48.1 Å². The first-order chi connectivity index (χ1) is 10.3. The number of nitrogens with one attached hydrogen (secondary N) is 2. The van der Waals surface area contributed by atoms with Crippen molar-refractivity contribution in [1.29, 1.82) is 0 Å². The molecule has 2 rings (SSSR count). The van der Waals surface area contributed by atoms with Crippen LogP contribution in [-0.4, -0.2) is 13.5 Å². The van der Waals surface area contributed by atoms with Crippen molar-refractivity contribution in [1.82, 2.24) is 5.32 Å². The highest BCUT2D eigenvalue weighted by atomic mass is 35.5. The number of rotatable bonds is 4. The van der Waals surface area contributed by atoms with Crippen LogP contribution < -0.4 is 15.8 Å². The number of nitrogens with two attached hydrogens (primary N) is 1. The number of hydrogen-bond acceptors (Lipinski definition) is 3. The first kappa shape index (κ1) is 16.7. The van der Waals surface area contributed by atoms with Crippen LogP contribution in [0.5, 0.6) is 0 Å². The average Bonchev–Trinajstić information content (AvgIpc) is 2.45. The highest BCUT2D eigenvalue weighted by Crippen LogP contribution is 2.14. The Labute approximate surface area is 139 Å². The largest absolute Gasteiger partial charge is 0.358 e. The van der Waals surface area contributed by atoms with E-state index in [9.17, 15) is 8.42 Å². The van der Waals surface area contributed by atoms with Crippen molar-refractivity contribution in [3.8, 4) is 0 Å². The first-order valence-electron chi connectivity index (χ1n) is 6.27. The van der Waals surface area contributed by atoms with E-state index in [2.05, 4.69) is 10.6 Å². The molecule has 5 nitrogen and oxygen atoms in total. The van der Waals surface area contributed by atoms with E-state index in [0.29, 0.717) is 16.7 Å². The molecule has 0 aliphatic carbocycles. The molecule has 4 N–H and O–H groups in total. The second-order valence-corrected chi connectivity index (χ2v) is 6.91. The van der Waals surface area contributed by atoms with Crippen LogP contribution in [0, 0.1) is 0 Å². The van der Waals surface area contributed by atoms with E-state index in [4.69, 9.17) is 29.0 Å². The summed E-state index contributed by atoms with van der Waals surface area (Å²) in [5, 5.41) is 12.1. The van der Waals surface area contributed by atoms with Gasteiger partial charge in [0.1, 0.15) is 0 Å². The molecule has 0 fully saturated rings. The first-order valence-corrected chi connectivity index (χ1v) is 8.60. The van der Waals surface area contributed by atoms with Gasteiger partial charge in [-0.1, -0.05) is 29.8 Å². The summed E-state index contributed by atoms with van der Waals surface area (Å²) in [5.41, 5.74) is 1.66. The fourth-order valence-electron chi connectivity index (χ4n) is 1.72. The van der Waals surface area contributed by atoms with Crippen molar-refractivity contribution in [2.75, 3.05) is 5.32 Å². The Morgan fingerprint density at radius 1 is 1.18 bits per heavy atom. The van der Waals surface area contributed by atoms with Crippen molar-refractivity contribution < 1.29 is 8.42 Å². The van der Waals surface area contributed by atoms with Crippen molar-refractivity contribution in [3.05, 3.63) is 59.1 Å². The molecule has 0 unspecified atom stereocenters. The maximum absolute atomic E-state index is 11.2. The Morgan fingerprint density at radius 3 is 2.45 bits per heavy atom. The van der Waals surface area contributed by atoms with Crippen molar-refractivity contribution in [3.63, 3.8) is 0 Å². The van der Waals surface area contributed by atoms with Gasteiger partial charge in [0.05, 0.1) is 4.90 Å². The summed E-state index contributed by atoms with van der Waals surface area (Å²) in [6, 6.07) is 13.5. The van der Waals surface area contributed by atoms with Gasteiger partial charge in [-0.25, -0.2) is 13.6 Å². The van der Waals surface area contributed by atoms with Crippen LogP contribution in [0.3, 0.4) is 0 Å². The molecular weight excluding hydrogens is 342 g/mol. The monoisotopic (exact) mass is 355 g/mol. The SMILES string of the molecule is NS(=O)(=O)c1ccc(CNC(=S)Nc2cccc(Cl)c2)cc1. The van der Waals surface area contributed by atoms with E-state index >= 15 is 0 Å². The van der Waals surface area contributed by atoms with Crippen LogP contribution in [0.1, 0.15) is 5.56 Å². The predicted molar refractivity (Wildman–Crippen MR) is 92.3 cm³/mol. The lowest BCUT2D eigenvalue weighted by molar-refractivity contribution is 0.597. The molecule has 0 amide bonds. The lowest BCUT2D eigenvalue weighted by Crippen LogP contribution is -2.27. The average molecular weight is 356 g/mol. The van der Waals surface area contributed by atoms with Crippen molar-refractivity contribution >= 4 is 44.6 Å². The summed E-state index contributed by atoms with van der Waals surface area (Å²) in [4.78, 5) is 0.0795. The minimum Gasteiger partial charge on any atom is -0.358 e. The Bertz CT molecular complexity index is 777. The Kier molecular flexibility index (Phi) is 5.36. The van der Waals surface area contributed by atoms with Gasteiger partial charge < -0.3 is 10.6 Å². The van der Waals surface area contributed by atoms with Crippen molar-refractivity contribution in [2.45, 2.75) is 11.4 Å². The van der Waals surface area contributed by atoms with Gasteiger partial charge in [-0.3, -0.25) is 0 Å². The fraction of sp³-hybridized carbons (Fsp3) is 0.0714. The molecule has 0 spiro atoms. The topological polar surface area (TPSA) is 84.2 Å². The van der Waals surface area contributed by atoms with Gasteiger partial charge >= 0.3 is 0 Å². The molecule has 0 atom stereocenters. The summed E-state index contributed by atoms with van der Waals surface area (Å²) in [6.07, 6.45) is 0. The third-order valence-corrected chi connectivity index (χ3v) is 4.20. The van der Waals surface area contributed by atoms with Crippen LogP contribution in [0.4, 0.5) is 5.69 Å². The van der Waals surface area contributed by atoms with Crippen LogP contribution in [0.15, 0.2) is 53.4 Å². The Balaban J connectivity index is 1.91. The summed E-state index contributed by atoms with van der Waals surface area (Å²) in [5.74, 6) is 0. The van der Waals surface area contributed by atoms with E-state index in [0.717, 1.165) is 11.3 Å². The molecule has 0 aliphatic rings. The molecule has 116 valence electrons. The Morgan fingerprint density at radius 2 is 1.86 bits per heavy atom. The van der Waals surface area contributed by atoms with E-state index < -0.39 is 10.0 Å². The molecule has 8 heteroatoms. The van der Waals surface area contributed by atoms with Crippen molar-refractivity contribution in [2.24, 2.45) is 5.14 Å². The third kappa shape index (κ3) is 4.96. The molecule has 0 bridgehead atoms. The lowest BCUT2D eigenvalue weighted by atomic mass is 10.2. The van der Waals surface area contributed by atoms with Crippen LogP contribution in [-0.2, 0) is 16.6 Å². The maximum atomic E-state index is 11.2.